The highest BCUT2D eigenvalue weighted by atomic mass is 32.2. The Hall–Kier alpha value is -4.33. The molecule has 0 amide bonds. The first-order valence-electron chi connectivity index (χ1n) is 13.1. The molecule has 13 heteroatoms. The number of primary sulfonamides is 1. The molecule has 1 fully saturated rings. The van der Waals surface area contributed by atoms with Crippen molar-refractivity contribution >= 4 is 27.3 Å². The van der Waals surface area contributed by atoms with E-state index in [1.54, 1.807) is 6.07 Å². The summed E-state index contributed by atoms with van der Waals surface area (Å²) in [4.78, 5) is 15.5. The SMILES string of the molecule is NS(=O)(=O)c1ccc(Cc2c(CC3CC3)nn(-c3nc(C(=O)O)cs3)c2-c2ccc(F)c(-c3cccc(F)c3)c2)c(F)c1. The monoisotopic (exact) mass is 624 g/mol. The van der Waals surface area contributed by atoms with Crippen molar-refractivity contribution in [2.45, 2.75) is 30.6 Å². The Bertz CT molecular complexity index is 2000. The molecular formula is C30H23F3N4O4S2. The zero-order valence-electron chi connectivity index (χ0n) is 22.3. The zero-order valence-corrected chi connectivity index (χ0v) is 23.9. The number of hydrogen-bond acceptors (Lipinski definition) is 6. The molecular weight excluding hydrogens is 601 g/mol. The third-order valence-electron chi connectivity index (χ3n) is 7.23. The molecule has 0 spiro atoms. The molecule has 220 valence electrons. The van der Waals surface area contributed by atoms with Crippen LogP contribution in [0.5, 0.6) is 0 Å². The van der Waals surface area contributed by atoms with Gasteiger partial charge in [-0.15, -0.1) is 11.3 Å². The maximum Gasteiger partial charge on any atom is 0.355 e. The van der Waals surface area contributed by atoms with Crippen molar-refractivity contribution in [1.29, 1.82) is 0 Å². The minimum Gasteiger partial charge on any atom is -0.476 e. The standard InChI is InChI=1S/C30H23F3N4O4S2/c31-20-3-1-2-17(11-20)22-13-19(7-9-24(22)32)28-23(12-18-6-8-21(14-25(18)33)43(34,40)41)26(10-16-4-5-16)36-37(28)30-35-27(15-42-30)29(38)39/h1-3,6-9,11,13-16H,4-5,10,12H2,(H,38,39)(H2,34,40,41). The maximum atomic E-state index is 15.3. The second-order valence-corrected chi connectivity index (χ2v) is 12.7. The second-order valence-electron chi connectivity index (χ2n) is 10.3. The Morgan fingerprint density at radius 3 is 2.47 bits per heavy atom. The lowest BCUT2D eigenvalue weighted by Gasteiger charge is -2.12. The van der Waals surface area contributed by atoms with Gasteiger partial charge in [0.2, 0.25) is 15.2 Å². The molecule has 1 aliphatic carbocycles. The number of carbonyl (C=O) groups is 1. The maximum absolute atomic E-state index is 15.3. The van der Waals surface area contributed by atoms with E-state index in [4.69, 9.17) is 10.2 Å². The third-order valence-corrected chi connectivity index (χ3v) is 8.96. The van der Waals surface area contributed by atoms with E-state index in [2.05, 4.69) is 4.98 Å². The molecule has 0 atom stereocenters. The van der Waals surface area contributed by atoms with Crippen LogP contribution in [0.4, 0.5) is 13.2 Å². The lowest BCUT2D eigenvalue weighted by Crippen LogP contribution is -2.12. The molecule has 6 rings (SSSR count). The first kappa shape index (κ1) is 28.8. The van der Waals surface area contributed by atoms with E-state index < -0.39 is 33.4 Å². The number of nitrogens with two attached hydrogens (primary N) is 1. The van der Waals surface area contributed by atoms with Crippen LogP contribution in [0.15, 0.2) is 70.9 Å². The number of benzene rings is 3. The average molecular weight is 625 g/mol. The molecule has 43 heavy (non-hydrogen) atoms. The van der Waals surface area contributed by atoms with E-state index in [0.717, 1.165) is 30.2 Å². The van der Waals surface area contributed by atoms with Gasteiger partial charge in [0.15, 0.2) is 5.69 Å². The molecule has 0 saturated heterocycles. The van der Waals surface area contributed by atoms with E-state index in [-0.39, 0.29) is 33.3 Å². The van der Waals surface area contributed by atoms with Crippen LogP contribution in [0.3, 0.4) is 0 Å². The minimum atomic E-state index is -4.13. The fourth-order valence-electron chi connectivity index (χ4n) is 4.92. The van der Waals surface area contributed by atoms with Gasteiger partial charge < -0.3 is 5.11 Å². The highest BCUT2D eigenvalue weighted by Crippen LogP contribution is 2.39. The predicted molar refractivity (Wildman–Crippen MR) is 154 cm³/mol. The van der Waals surface area contributed by atoms with Crippen molar-refractivity contribution in [3.8, 4) is 27.5 Å². The van der Waals surface area contributed by atoms with E-state index >= 15 is 8.78 Å². The number of sulfonamides is 1. The number of thiazole rings is 1. The van der Waals surface area contributed by atoms with Crippen LogP contribution in [-0.4, -0.2) is 34.3 Å². The molecule has 0 aliphatic heterocycles. The molecule has 2 aromatic heterocycles. The molecule has 0 radical (unpaired) electrons. The van der Waals surface area contributed by atoms with E-state index in [1.165, 1.54) is 58.6 Å². The van der Waals surface area contributed by atoms with Gasteiger partial charge in [-0.3, -0.25) is 0 Å². The smallest absolute Gasteiger partial charge is 0.355 e. The fourth-order valence-corrected chi connectivity index (χ4v) is 6.20. The lowest BCUT2D eigenvalue weighted by atomic mass is 9.94. The van der Waals surface area contributed by atoms with Crippen LogP contribution in [0.25, 0.3) is 27.5 Å². The number of hydrogen-bond donors (Lipinski definition) is 2. The number of halogens is 3. The predicted octanol–water partition coefficient (Wildman–Crippen LogP) is 5.97. The lowest BCUT2D eigenvalue weighted by molar-refractivity contribution is 0.0691. The molecule has 1 aliphatic rings. The summed E-state index contributed by atoms with van der Waals surface area (Å²) in [7, 11) is -4.13. The van der Waals surface area contributed by atoms with Gasteiger partial charge in [-0.1, -0.05) is 18.2 Å². The van der Waals surface area contributed by atoms with Gasteiger partial charge in [0.1, 0.15) is 17.5 Å². The average Bonchev–Trinajstić information content (AvgIpc) is 3.50. The summed E-state index contributed by atoms with van der Waals surface area (Å²) in [5, 5.41) is 21.1. The van der Waals surface area contributed by atoms with Crippen molar-refractivity contribution in [3.63, 3.8) is 0 Å². The molecule has 0 unspecified atom stereocenters. The van der Waals surface area contributed by atoms with Crippen LogP contribution in [0, 0.1) is 23.4 Å². The van der Waals surface area contributed by atoms with Crippen molar-refractivity contribution in [2.24, 2.45) is 11.1 Å². The van der Waals surface area contributed by atoms with E-state index in [0.29, 0.717) is 40.4 Å². The molecule has 5 aromatic rings. The normalized spacial score (nSPS) is 13.4. The van der Waals surface area contributed by atoms with Crippen molar-refractivity contribution in [3.05, 3.63) is 106 Å². The van der Waals surface area contributed by atoms with Gasteiger partial charge in [0.05, 0.1) is 16.3 Å². The summed E-state index contributed by atoms with van der Waals surface area (Å²) in [6.07, 6.45) is 2.51. The summed E-state index contributed by atoms with van der Waals surface area (Å²) in [6, 6.07) is 13.2. The van der Waals surface area contributed by atoms with Gasteiger partial charge in [-0.05, 0) is 78.8 Å². The number of rotatable bonds is 9. The van der Waals surface area contributed by atoms with Crippen LogP contribution in [0.2, 0.25) is 0 Å². The molecule has 1 saturated carbocycles. The summed E-state index contributed by atoms with van der Waals surface area (Å²) < 4.78 is 69.5. The zero-order chi connectivity index (χ0) is 30.5. The Balaban J connectivity index is 1.57. The summed E-state index contributed by atoms with van der Waals surface area (Å²) >= 11 is 1.05. The second kappa shape index (κ2) is 11.1. The Kier molecular flexibility index (Phi) is 7.40. The molecule has 8 nitrogen and oxygen atoms in total. The van der Waals surface area contributed by atoms with Gasteiger partial charge in [0, 0.05) is 28.5 Å². The van der Waals surface area contributed by atoms with Crippen LogP contribution >= 0.6 is 11.3 Å². The van der Waals surface area contributed by atoms with Gasteiger partial charge in [-0.2, -0.15) is 5.10 Å². The number of aromatic carboxylic acids is 1. The highest BCUT2D eigenvalue weighted by molar-refractivity contribution is 7.89. The van der Waals surface area contributed by atoms with Crippen LogP contribution < -0.4 is 5.14 Å². The van der Waals surface area contributed by atoms with Crippen molar-refractivity contribution in [1.82, 2.24) is 14.8 Å². The highest BCUT2D eigenvalue weighted by Gasteiger charge is 2.29. The Morgan fingerprint density at radius 2 is 1.81 bits per heavy atom. The van der Waals surface area contributed by atoms with Crippen LogP contribution in [-0.2, 0) is 22.9 Å². The molecule has 3 aromatic carbocycles. The topological polar surface area (TPSA) is 128 Å². The summed E-state index contributed by atoms with van der Waals surface area (Å²) in [6.45, 7) is 0. The Labute approximate surface area is 248 Å². The minimum absolute atomic E-state index is 0.0159. The first-order valence-corrected chi connectivity index (χ1v) is 15.6. The summed E-state index contributed by atoms with van der Waals surface area (Å²) in [5.41, 5.74) is 2.49. The third kappa shape index (κ3) is 5.96. The quantitative estimate of drug-likeness (QED) is 0.208. The van der Waals surface area contributed by atoms with Gasteiger partial charge in [-0.25, -0.2) is 41.2 Å². The molecule has 2 heterocycles. The molecule has 0 bridgehead atoms. The number of carboxylic acids is 1. The number of nitrogens with zero attached hydrogens (tertiary/aromatic N) is 3. The van der Waals surface area contributed by atoms with E-state index in [1.807, 2.05) is 0 Å². The van der Waals surface area contributed by atoms with Crippen molar-refractivity contribution in [2.75, 3.05) is 0 Å². The van der Waals surface area contributed by atoms with Crippen LogP contribution in [0.1, 0.15) is 40.2 Å². The summed E-state index contributed by atoms with van der Waals surface area (Å²) in [5.74, 6) is -2.78. The number of carboxylic acid groups (broad SMARTS) is 1. The molecule has 3 N–H and O–H groups in total. The van der Waals surface area contributed by atoms with Gasteiger partial charge >= 0.3 is 5.97 Å². The number of aromatic nitrogens is 3. The van der Waals surface area contributed by atoms with E-state index in [9.17, 15) is 22.7 Å². The van der Waals surface area contributed by atoms with Crippen molar-refractivity contribution < 1.29 is 31.5 Å². The van der Waals surface area contributed by atoms with Gasteiger partial charge in [0.25, 0.3) is 0 Å². The fraction of sp³-hybridized carbons (Fsp3) is 0.167. The largest absolute Gasteiger partial charge is 0.476 e. The first-order chi connectivity index (χ1) is 20.5. The Morgan fingerprint density at radius 1 is 1.02 bits per heavy atom.